The molecule has 0 radical (unpaired) electrons. The topological polar surface area (TPSA) is 17.8 Å². The van der Waals surface area contributed by atoms with Crippen molar-refractivity contribution in [2.45, 2.75) is 0 Å². The summed E-state index contributed by atoms with van der Waals surface area (Å²) >= 11 is 0. The first-order chi connectivity index (χ1) is 6.42. The second kappa shape index (κ2) is 3.55. The molecule has 0 bridgehead atoms. The molecule has 1 aromatic carbocycles. The van der Waals surface area contributed by atoms with Gasteiger partial charge in [-0.05, 0) is 18.2 Å². The van der Waals surface area contributed by atoms with Crippen LogP contribution in [0.25, 0.3) is 5.69 Å². The van der Waals surface area contributed by atoms with Gasteiger partial charge in [-0.15, -0.1) is 0 Å². The van der Waals surface area contributed by atoms with Gasteiger partial charge in [0.25, 0.3) is 0 Å². The van der Waals surface area contributed by atoms with Gasteiger partial charge in [0, 0.05) is 0 Å². The standard InChI is InChI=1S/C10H9N2P/c1-13-10-7-8-11-12(10)9-5-3-2-4-6-9/h2-8H,1H2. The van der Waals surface area contributed by atoms with Crippen molar-refractivity contribution in [1.82, 2.24) is 9.78 Å². The first-order valence-corrected chi connectivity index (χ1v) is 5.06. The van der Waals surface area contributed by atoms with Gasteiger partial charge in [-0.1, -0.05) is 32.7 Å². The molecule has 2 rings (SSSR count). The lowest BCUT2D eigenvalue weighted by Gasteiger charge is -2.02. The normalized spacial score (nSPS) is 10.5. The Morgan fingerprint density at radius 3 is 2.62 bits per heavy atom. The number of rotatable bonds is 2. The largest absolute Gasteiger partial charge is 0.229 e. The monoisotopic (exact) mass is 188 g/mol. The predicted molar refractivity (Wildman–Crippen MR) is 57.2 cm³/mol. The molecule has 1 heterocycles. The van der Waals surface area contributed by atoms with Crippen molar-refractivity contribution in [1.29, 1.82) is 0 Å². The van der Waals surface area contributed by atoms with E-state index in [1.165, 1.54) is 0 Å². The second-order valence-corrected chi connectivity index (χ2v) is 3.37. The van der Waals surface area contributed by atoms with E-state index in [0.29, 0.717) is 0 Å². The molecule has 2 nitrogen and oxygen atoms in total. The molecule has 0 N–H and O–H groups in total. The van der Waals surface area contributed by atoms with Gasteiger partial charge in [-0.2, -0.15) is 5.10 Å². The first kappa shape index (κ1) is 8.21. The highest BCUT2D eigenvalue weighted by atomic mass is 31.1. The summed E-state index contributed by atoms with van der Waals surface area (Å²) in [6.45, 7) is 0. The van der Waals surface area contributed by atoms with Crippen LogP contribution in [0, 0.1) is 0 Å². The van der Waals surface area contributed by atoms with Crippen molar-refractivity contribution >= 4 is 19.9 Å². The molecule has 0 saturated carbocycles. The average Bonchev–Trinajstić information content (AvgIpc) is 2.67. The number of benzene rings is 1. The van der Waals surface area contributed by atoms with Gasteiger partial charge < -0.3 is 0 Å². The summed E-state index contributed by atoms with van der Waals surface area (Å²) in [5, 5.41) is 4.23. The molecule has 0 saturated heterocycles. The van der Waals surface area contributed by atoms with Gasteiger partial charge in [-0.25, -0.2) is 4.68 Å². The average molecular weight is 188 g/mol. The number of aromatic nitrogens is 2. The van der Waals surface area contributed by atoms with Crippen molar-refractivity contribution in [3.63, 3.8) is 0 Å². The maximum absolute atomic E-state index is 4.23. The minimum absolute atomic E-state index is 0.988. The van der Waals surface area contributed by atoms with Gasteiger partial charge in [0.15, 0.2) is 0 Å². The van der Waals surface area contributed by atoms with E-state index in [-0.39, 0.29) is 0 Å². The smallest absolute Gasteiger partial charge is 0.0929 e. The summed E-state index contributed by atoms with van der Waals surface area (Å²) in [6.07, 6.45) is 5.62. The zero-order chi connectivity index (χ0) is 9.10. The van der Waals surface area contributed by atoms with E-state index in [2.05, 4.69) is 11.4 Å². The van der Waals surface area contributed by atoms with Crippen LogP contribution in [0.5, 0.6) is 0 Å². The molecule has 0 aliphatic heterocycles. The van der Waals surface area contributed by atoms with Crippen LogP contribution in [0.2, 0.25) is 0 Å². The fourth-order valence-electron chi connectivity index (χ4n) is 1.18. The highest BCUT2D eigenvalue weighted by molar-refractivity contribution is 7.45. The van der Waals surface area contributed by atoms with E-state index in [1.54, 1.807) is 6.20 Å². The summed E-state index contributed by atoms with van der Waals surface area (Å²) in [7, 11) is 0.988. The summed E-state index contributed by atoms with van der Waals surface area (Å²) in [6, 6.07) is 12.0. The lowest BCUT2D eigenvalue weighted by atomic mass is 10.3. The van der Waals surface area contributed by atoms with Gasteiger partial charge in [0.05, 0.1) is 17.3 Å². The van der Waals surface area contributed by atoms with Crippen LogP contribution in [0.1, 0.15) is 0 Å². The highest BCUT2D eigenvalue weighted by Gasteiger charge is 1.99. The second-order valence-electron chi connectivity index (χ2n) is 2.59. The van der Waals surface area contributed by atoms with E-state index in [0.717, 1.165) is 19.3 Å². The zero-order valence-electron chi connectivity index (χ0n) is 7.09. The minimum atomic E-state index is 0.988. The number of para-hydroxylation sites is 1. The quantitative estimate of drug-likeness (QED) is 0.658. The number of hydrogen-bond acceptors (Lipinski definition) is 1. The molecule has 0 aliphatic rings. The molecular formula is C10H9N2P. The lowest BCUT2D eigenvalue weighted by Crippen LogP contribution is -2.09. The van der Waals surface area contributed by atoms with Crippen LogP contribution in [-0.4, -0.2) is 16.1 Å². The molecule has 13 heavy (non-hydrogen) atoms. The maximum atomic E-state index is 4.23. The first-order valence-electron chi connectivity index (χ1n) is 3.98. The lowest BCUT2D eigenvalue weighted by molar-refractivity contribution is 0.905. The Hall–Kier alpha value is -1.40. The predicted octanol–water partition coefficient (Wildman–Crippen LogP) is 1.88. The van der Waals surface area contributed by atoms with E-state index in [9.17, 15) is 0 Å². The Morgan fingerprint density at radius 2 is 1.92 bits per heavy atom. The molecule has 1 aromatic heterocycles. The SMILES string of the molecule is C=Pc1ccnn1-c1ccccc1. The van der Waals surface area contributed by atoms with Gasteiger partial charge >= 0.3 is 0 Å². The van der Waals surface area contributed by atoms with Crippen LogP contribution in [-0.2, 0) is 0 Å². The Labute approximate surface area is 78.6 Å². The third kappa shape index (κ3) is 1.53. The van der Waals surface area contributed by atoms with Crippen molar-refractivity contribution in [3.05, 3.63) is 42.6 Å². The molecule has 0 unspecified atom stereocenters. The molecule has 64 valence electrons. The Balaban J connectivity index is 2.52. The Morgan fingerprint density at radius 1 is 1.15 bits per heavy atom. The molecule has 0 spiro atoms. The molecule has 0 amide bonds. The van der Waals surface area contributed by atoms with Crippen LogP contribution in [0.3, 0.4) is 0 Å². The van der Waals surface area contributed by atoms with Crippen molar-refractivity contribution in [3.8, 4) is 5.69 Å². The molecule has 3 heteroatoms. The van der Waals surface area contributed by atoms with Crippen LogP contribution in [0.15, 0.2) is 42.6 Å². The highest BCUT2D eigenvalue weighted by Crippen LogP contribution is 2.05. The van der Waals surface area contributed by atoms with Crippen molar-refractivity contribution < 1.29 is 0 Å². The molecule has 0 fully saturated rings. The Kier molecular flexibility index (Phi) is 2.24. The van der Waals surface area contributed by atoms with Crippen LogP contribution < -0.4 is 5.44 Å². The third-order valence-corrected chi connectivity index (χ3v) is 2.45. The van der Waals surface area contributed by atoms with Crippen LogP contribution in [0.4, 0.5) is 0 Å². The summed E-state index contributed by atoms with van der Waals surface area (Å²) < 4.78 is 1.90. The van der Waals surface area contributed by atoms with E-state index < -0.39 is 0 Å². The van der Waals surface area contributed by atoms with Crippen molar-refractivity contribution in [2.75, 3.05) is 0 Å². The van der Waals surface area contributed by atoms with E-state index >= 15 is 0 Å². The maximum Gasteiger partial charge on any atom is 0.0929 e. The summed E-state index contributed by atoms with van der Waals surface area (Å²) in [5.41, 5.74) is 2.19. The fourth-order valence-corrected chi connectivity index (χ4v) is 1.66. The molecule has 2 aromatic rings. The fraction of sp³-hybridized carbons (Fsp3) is 0. The summed E-state index contributed by atoms with van der Waals surface area (Å²) in [4.78, 5) is 0. The van der Waals surface area contributed by atoms with Crippen molar-refractivity contribution in [2.24, 2.45) is 0 Å². The van der Waals surface area contributed by atoms with Gasteiger partial charge in [-0.3, -0.25) is 0 Å². The molecule has 0 atom stereocenters. The third-order valence-electron chi connectivity index (χ3n) is 1.79. The Bertz CT molecular complexity index is 406. The number of hydrogen-bond donors (Lipinski definition) is 0. The van der Waals surface area contributed by atoms with Gasteiger partial charge in [0.1, 0.15) is 0 Å². The number of nitrogens with zero attached hydrogens (tertiary/aromatic N) is 2. The van der Waals surface area contributed by atoms with Crippen LogP contribution >= 0.6 is 8.20 Å². The zero-order valence-corrected chi connectivity index (χ0v) is 7.98. The van der Waals surface area contributed by atoms with E-state index in [4.69, 9.17) is 0 Å². The minimum Gasteiger partial charge on any atom is -0.229 e. The summed E-state index contributed by atoms with van der Waals surface area (Å²) in [5.74, 6) is 0. The van der Waals surface area contributed by atoms with E-state index in [1.807, 2.05) is 41.1 Å². The van der Waals surface area contributed by atoms with Gasteiger partial charge in [0.2, 0.25) is 0 Å². The molecular weight excluding hydrogens is 179 g/mol. The molecule has 0 aliphatic carbocycles.